The highest BCUT2D eigenvalue weighted by molar-refractivity contribution is 5.85. The van der Waals surface area contributed by atoms with E-state index in [0.29, 0.717) is 45.5 Å². The minimum atomic E-state index is -0.506. The van der Waals surface area contributed by atoms with Crippen molar-refractivity contribution in [3.63, 3.8) is 0 Å². The van der Waals surface area contributed by atoms with Gasteiger partial charge in [0, 0.05) is 26.2 Å². The summed E-state index contributed by atoms with van der Waals surface area (Å²) >= 11 is 0. The molecule has 0 radical (unpaired) electrons. The molecule has 4 rings (SSSR count). The van der Waals surface area contributed by atoms with Crippen molar-refractivity contribution in [2.24, 2.45) is 5.41 Å². The first-order valence-corrected chi connectivity index (χ1v) is 11.4. The monoisotopic (exact) mass is 420 g/mol. The lowest BCUT2D eigenvalue weighted by molar-refractivity contribution is -0.146. The van der Waals surface area contributed by atoms with Crippen LogP contribution in [0.5, 0.6) is 0 Å². The first-order valence-electron chi connectivity index (χ1n) is 11.4. The van der Waals surface area contributed by atoms with Crippen LogP contribution in [0.1, 0.15) is 38.2 Å². The summed E-state index contributed by atoms with van der Waals surface area (Å²) in [6.07, 6.45) is 3.47. The molecule has 2 saturated heterocycles. The number of nitrogens with one attached hydrogen (secondary N) is 1. The first kappa shape index (κ1) is 21.6. The lowest BCUT2D eigenvalue weighted by Crippen LogP contribution is -2.52. The molecule has 1 atom stereocenters. The van der Waals surface area contributed by atoms with E-state index in [0.717, 1.165) is 18.4 Å². The summed E-state index contributed by atoms with van der Waals surface area (Å²) < 4.78 is 5.60. The van der Waals surface area contributed by atoms with E-state index >= 15 is 0 Å². The molecular weight excluding hydrogens is 388 g/mol. The van der Waals surface area contributed by atoms with Gasteiger partial charge in [-0.2, -0.15) is 0 Å². The van der Waals surface area contributed by atoms with Gasteiger partial charge in [0.2, 0.25) is 5.91 Å². The van der Waals surface area contributed by atoms with Gasteiger partial charge in [0.25, 0.3) is 5.91 Å². The Hall–Kier alpha value is -2.66. The van der Waals surface area contributed by atoms with Crippen molar-refractivity contribution in [1.29, 1.82) is 0 Å². The molecule has 2 fully saturated rings. The van der Waals surface area contributed by atoms with E-state index in [1.807, 2.05) is 42.2 Å². The molecule has 1 N–H and O–H groups in total. The van der Waals surface area contributed by atoms with Crippen molar-refractivity contribution in [3.8, 4) is 11.1 Å². The molecule has 5 nitrogen and oxygen atoms in total. The van der Waals surface area contributed by atoms with Gasteiger partial charge in [0.15, 0.2) is 0 Å². The third-order valence-corrected chi connectivity index (χ3v) is 6.69. The number of ether oxygens (including phenoxy) is 1. The standard InChI is InChI=1S/C26H32N2O3/c1-2-27-25(30)26(14-16-28(17-15-26)24(29)23-13-8-18-31-23)19-21-11-6-7-12-22(21)20-9-4-3-5-10-20/h3-7,9-12,23H,2,8,13-19H2,1H3,(H,27,30). The minimum absolute atomic E-state index is 0.0895. The molecule has 2 amide bonds. The summed E-state index contributed by atoms with van der Waals surface area (Å²) in [6, 6.07) is 18.7. The maximum Gasteiger partial charge on any atom is 0.251 e. The molecule has 0 aliphatic carbocycles. The summed E-state index contributed by atoms with van der Waals surface area (Å²) in [5.41, 5.74) is 3.01. The predicted octanol–water partition coefficient (Wildman–Crippen LogP) is 3.82. The van der Waals surface area contributed by atoms with Crippen molar-refractivity contribution in [1.82, 2.24) is 10.2 Å². The van der Waals surface area contributed by atoms with Gasteiger partial charge in [-0.1, -0.05) is 54.6 Å². The number of amides is 2. The summed E-state index contributed by atoms with van der Waals surface area (Å²) in [5.74, 6) is 0.189. The second-order valence-corrected chi connectivity index (χ2v) is 8.67. The Morgan fingerprint density at radius 1 is 1.06 bits per heavy atom. The van der Waals surface area contributed by atoms with Gasteiger partial charge in [-0.25, -0.2) is 0 Å². The second kappa shape index (κ2) is 9.65. The molecule has 1 unspecified atom stereocenters. The molecule has 2 heterocycles. The van der Waals surface area contributed by atoms with E-state index in [-0.39, 0.29) is 17.9 Å². The van der Waals surface area contributed by atoms with E-state index in [1.165, 1.54) is 11.1 Å². The van der Waals surface area contributed by atoms with Crippen LogP contribution < -0.4 is 5.32 Å². The highest BCUT2D eigenvalue weighted by atomic mass is 16.5. The first-order chi connectivity index (χ1) is 15.1. The average Bonchev–Trinajstić information content (AvgIpc) is 3.35. The lowest BCUT2D eigenvalue weighted by Gasteiger charge is -2.41. The highest BCUT2D eigenvalue weighted by Crippen LogP contribution is 2.38. The number of likely N-dealkylation sites (tertiary alicyclic amines) is 1. The Labute approximate surface area is 184 Å². The van der Waals surface area contributed by atoms with Crippen molar-refractivity contribution in [2.45, 2.75) is 45.1 Å². The van der Waals surface area contributed by atoms with Crippen LogP contribution in [0.25, 0.3) is 11.1 Å². The van der Waals surface area contributed by atoms with Gasteiger partial charge in [-0.05, 0) is 55.7 Å². The Morgan fingerprint density at radius 3 is 2.45 bits per heavy atom. The second-order valence-electron chi connectivity index (χ2n) is 8.67. The van der Waals surface area contributed by atoms with Crippen LogP contribution >= 0.6 is 0 Å². The maximum absolute atomic E-state index is 13.3. The fourth-order valence-corrected chi connectivity index (χ4v) is 4.90. The number of hydrogen-bond donors (Lipinski definition) is 1. The SMILES string of the molecule is CCNC(=O)C1(Cc2ccccc2-c2ccccc2)CCN(C(=O)C2CCCO2)CC1. The highest BCUT2D eigenvalue weighted by Gasteiger charge is 2.43. The van der Waals surface area contributed by atoms with Crippen LogP contribution in [0.15, 0.2) is 54.6 Å². The van der Waals surface area contributed by atoms with E-state index in [9.17, 15) is 9.59 Å². The number of benzene rings is 2. The molecule has 31 heavy (non-hydrogen) atoms. The number of carbonyl (C=O) groups excluding carboxylic acids is 2. The van der Waals surface area contributed by atoms with Crippen molar-refractivity contribution < 1.29 is 14.3 Å². The molecule has 5 heteroatoms. The topological polar surface area (TPSA) is 58.6 Å². The third kappa shape index (κ3) is 4.67. The zero-order valence-electron chi connectivity index (χ0n) is 18.3. The van der Waals surface area contributed by atoms with Crippen LogP contribution in [0.4, 0.5) is 0 Å². The minimum Gasteiger partial charge on any atom is -0.368 e. The molecule has 0 aromatic heterocycles. The van der Waals surface area contributed by atoms with E-state index in [1.54, 1.807) is 0 Å². The third-order valence-electron chi connectivity index (χ3n) is 6.69. The predicted molar refractivity (Wildman–Crippen MR) is 121 cm³/mol. The Kier molecular flexibility index (Phi) is 6.71. The molecule has 0 spiro atoms. The van der Waals surface area contributed by atoms with Crippen LogP contribution in [0.3, 0.4) is 0 Å². The van der Waals surface area contributed by atoms with Crippen LogP contribution in [-0.4, -0.2) is 49.1 Å². The summed E-state index contributed by atoms with van der Waals surface area (Å²) in [6.45, 7) is 4.44. The molecule has 2 aromatic rings. The molecule has 164 valence electrons. The molecule has 2 aliphatic rings. The Morgan fingerprint density at radius 2 is 1.77 bits per heavy atom. The van der Waals surface area contributed by atoms with Gasteiger partial charge >= 0.3 is 0 Å². The smallest absolute Gasteiger partial charge is 0.251 e. The van der Waals surface area contributed by atoms with Crippen LogP contribution in [-0.2, 0) is 20.7 Å². The number of piperidine rings is 1. The molecule has 0 saturated carbocycles. The fourth-order valence-electron chi connectivity index (χ4n) is 4.90. The molecule has 2 aromatic carbocycles. The van der Waals surface area contributed by atoms with Gasteiger partial charge in [0.05, 0.1) is 5.41 Å². The molecular formula is C26H32N2O3. The quantitative estimate of drug-likeness (QED) is 0.773. The number of rotatable bonds is 6. The summed E-state index contributed by atoms with van der Waals surface area (Å²) in [4.78, 5) is 28.0. The van der Waals surface area contributed by atoms with E-state index in [4.69, 9.17) is 4.74 Å². The Balaban J connectivity index is 1.56. The van der Waals surface area contributed by atoms with E-state index < -0.39 is 5.41 Å². The fraction of sp³-hybridized carbons (Fsp3) is 0.462. The van der Waals surface area contributed by atoms with Crippen molar-refractivity contribution >= 4 is 11.8 Å². The zero-order chi connectivity index (χ0) is 21.7. The van der Waals surface area contributed by atoms with Gasteiger partial charge in [-0.15, -0.1) is 0 Å². The number of hydrogen-bond acceptors (Lipinski definition) is 3. The number of carbonyl (C=O) groups is 2. The normalized spacial score (nSPS) is 20.4. The average molecular weight is 421 g/mol. The van der Waals surface area contributed by atoms with Gasteiger partial charge < -0.3 is 15.0 Å². The van der Waals surface area contributed by atoms with Crippen molar-refractivity contribution in [3.05, 3.63) is 60.2 Å². The van der Waals surface area contributed by atoms with Crippen molar-refractivity contribution in [2.75, 3.05) is 26.2 Å². The van der Waals surface area contributed by atoms with Gasteiger partial charge in [0.1, 0.15) is 6.10 Å². The molecule has 2 aliphatic heterocycles. The van der Waals surface area contributed by atoms with Gasteiger partial charge in [-0.3, -0.25) is 9.59 Å². The number of nitrogens with zero attached hydrogens (tertiary/aromatic N) is 1. The van der Waals surface area contributed by atoms with E-state index in [2.05, 4.69) is 29.6 Å². The summed E-state index contributed by atoms with van der Waals surface area (Å²) in [5, 5.41) is 3.07. The Bertz CT molecular complexity index is 898. The van der Waals surface area contributed by atoms with Crippen LogP contribution in [0, 0.1) is 5.41 Å². The summed E-state index contributed by atoms with van der Waals surface area (Å²) in [7, 11) is 0. The van der Waals surface area contributed by atoms with Crippen LogP contribution in [0.2, 0.25) is 0 Å². The zero-order valence-corrected chi connectivity index (χ0v) is 18.3. The molecule has 0 bridgehead atoms. The maximum atomic E-state index is 13.3. The largest absolute Gasteiger partial charge is 0.368 e. The lowest BCUT2D eigenvalue weighted by atomic mass is 9.72.